The van der Waals surface area contributed by atoms with Gasteiger partial charge in [-0.2, -0.15) is 0 Å². The fraction of sp³-hybridized carbons (Fsp3) is 0.300. The van der Waals surface area contributed by atoms with E-state index >= 15 is 0 Å². The Bertz CT molecular complexity index is 1200. The number of carbonyl (C=O) groups excluding carboxylic acids is 2. The third-order valence-electron chi connectivity index (χ3n) is 5.95. The van der Waals surface area contributed by atoms with Crippen LogP contribution in [-0.2, 0) is 9.59 Å². The van der Waals surface area contributed by atoms with Crippen molar-refractivity contribution < 1.29 is 9.59 Å². The maximum atomic E-state index is 12.1. The number of allylic oxidation sites excluding steroid dienone is 26. The molecular weight excluding hydrogens is 512 g/mol. The van der Waals surface area contributed by atoms with Gasteiger partial charge in [0.05, 0.1) is 0 Å². The predicted octanol–water partition coefficient (Wildman–Crippen LogP) is 11.3. The summed E-state index contributed by atoms with van der Waals surface area (Å²) in [7, 11) is 0. The highest BCUT2D eigenvalue weighted by atomic mass is 16.1. The van der Waals surface area contributed by atoms with Crippen LogP contribution in [0.1, 0.15) is 82.1 Å². The lowest BCUT2D eigenvalue weighted by atomic mass is 10.1. The molecule has 0 rings (SSSR count). The molecule has 0 fully saturated rings. The van der Waals surface area contributed by atoms with Gasteiger partial charge in [-0.25, -0.2) is 0 Å². The highest BCUT2D eigenvalue weighted by molar-refractivity contribution is 5.96. The Morgan fingerprint density at radius 3 is 0.929 bits per heavy atom. The van der Waals surface area contributed by atoms with E-state index in [4.69, 9.17) is 0 Å². The molecule has 0 aromatic rings. The molecule has 0 amide bonds. The number of carbonyl (C=O) groups is 2. The van der Waals surface area contributed by atoms with Gasteiger partial charge in [0.15, 0.2) is 11.6 Å². The molecule has 42 heavy (non-hydrogen) atoms. The smallest absolute Gasteiger partial charge is 0.162 e. The van der Waals surface area contributed by atoms with Gasteiger partial charge in [-0.1, -0.05) is 143 Å². The molecule has 0 heterocycles. The summed E-state index contributed by atoms with van der Waals surface area (Å²) in [5, 5.41) is 0. The van der Waals surface area contributed by atoms with Gasteiger partial charge < -0.3 is 0 Å². The normalized spacial score (nSPS) is 14.7. The SMILES string of the molecule is CC(C)=CCC(=O)C(C)=CC=CC(C)=CC=CC(C)=CC=CC=C(C)C=CC=C(C)C=CC=C(C)C(=O)CC=C(C)C. The van der Waals surface area contributed by atoms with E-state index in [9.17, 15) is 9.59 Å². The summed E-state index contributed by atoms with van der Waals surface area (Å²) < 4.78 is 0. The molecule has 0 aromatic heterocycles. The van der Waals surface area contributed by atoms with Gasteiger partial charge in [-0.15, -0.1) is 0 Å². The second kappa shape index (κ2) is 22.6. The molecule has 0 unspecified atom stereocenters. The van der Waals surface area contributed by atoms with Crippen LogP contribution in [0.4, 0.5) is 0 Å². The minimum Gasteiger partial charge on any atom is -0.294 e. The van der Waals surface area contributed by atoms with E-state index in [1.54, 1.807) is 0 Å². The molecule has 0 atom stereocenters. The van der Waals surface area contributed by atoms with Crippen LogP contribution in [0.15, 0.2) is 154 Å². The summed E-state index contributed by atoms with van der Waals surface area (Å²) in [6.07, 6.45) is 36.9. The van der Waals surface area contributed by atoms with E-state index < -0.39 is 0 Å². The summed E-state index contributed by atoms with van der Waals surface area (Å²) in [5.41, 5.74) is 8.36. The molecule has 0 radical (unpaired) electrons. The molecule has 0 spiro atoms. The maximum absolute atomic E-state index is 12.1. The molecule has 0 aliphatic rings. The standard InChI is InChI=1S/C40H52O2/c1-31(2)27-29-39(41)37(9)25-15-23-35(7)21-13-19-33(5)17-11-12-18-34(6)20-14-22-36(8)24-16-26-38(10)40(42)30-28-32(3)4/h11-28H,29-30H2,1-10H3. The fourth-order valence-corrected chi connectivity index (χ4v) is 3.13. The van der Waals surface area contributed by atoms with E-state index in [0.717, 1.165) is 44.6 Å². The van der Waals surface area contributed by atoms with E-state index in [1.807, 2.05) is 140 Å². The molecule has 2 nitrogen and oxygen atoms in total. The Morgan fingerprint density at radius 1 is 0.381 bits per heavy atom. The maximum Gasteiger partial charge on any atom is 0.162 e. The molecule has 0 aliphatic heterocycles. The Hall–Kier alpha value is -4.04. The molecule has 2 heteroatoms. The van der Waals surface area contributed by atoms with Crippen LogP contribution in [-0.4, -0.2) is 11.6 Å². The second-order valence-corrected chi connectivity index (χ2v) is 11.0. The van der Waals surface area contributed by atoms with Crippen molar-refractivity contribution in [1.82, 2.24) is 0 Å². The van der Waals surface area contributed by atoms with Crippen molar-refractivity contribution in [2.24, 2.45) is 0 Å². The predicted molar refractivity (Wildman–Crippen MR) is 186 cm³/mol. The summed E-state index contributed by atoms with van der Waals surface area (Å²) in [4.78, 5) is 24.1. The van der Waals surface area contributed by atoms with E-state index in [1.165, 1.54) is 0 Å². The zero-order valence-electron chi connectivity index (χ0n) is 27.6. The van der Waals surface area contributed by atoms with E-state index in [0.29, 0.717) is 12.8 Å². The quantitative estimate of drug-likeness (QED) is 0.106. The van der Waals surface area contributed by atoms with Gasteiger partial charge in [-0.05, 0) is 80.4 Å². The Labute approximate surface area is 256 Å². The summed E-state index contributed by atoms with van der Waals surface area (Å²) >= 11 is 0. The monoisotopic (exact) mass is 564 g/mol. The molecular formula is C40H52O2. The van der Waals surface area contributed by atoms with Crippen LogP contribution < -0.4 is 0 Å². The topological polar surface area (TPSA) is 34.1 Å². The molecule has 0 aromatic carbocycles. The number of hydrogen-bond acceptors (Lipinski definition) is 2. The Morgan fingerprint density at radius 2 is 0.643 bits per heavy atom. The lowest BCUT2D eigenvalue weighted by Gasteiger charge is -1.96. The summed E-state index contributed by atoms with van der Waals surface area (Å²) in [6.45, 7) is 19.9. The first-order chi connectivity index (χ1) is 19.8. The molecule has 0 bridgehead atoms. The highest BCUT2D eigenvalue weighted by Crippen LogP contribution is 2.07. The largest absolute Gasteiger partial charge is 0.294 e. The third-order valence-corrected chi connectivity index (χ3v) is 5.95. The summed E-state index contributed by atoms with van der Waals surface area (Å²) in [5.74, 6) is 0.301. The van der Waals surface area contributed by atoms with Gasteiger partial charge in [-0.3, -0.25) is 9.59 Å². The van der Waals surface area contributed by atoms with Crippen molar-refractivity contribution in [3.05, 3.63) is 154 Å². The fourth-order valence-electron chi connectivity index (χ4n) is 3.13. The number of Topliss-reactive ketones (excluding diaryl/α,β-unsaturated/α-hetero) is 2. The van der Waals surface area contributed by atoms with Crippen molar-refractivity contribution in [3.63, 3.8) is 0 Å². The average molecular weight is 565 g/mol. The average Bonchev–Trinajstić information content (AvgIpc) is 2.92. The zero-order valence-corrected chi connectivity index (χ0v) is 27.6. The van der Waals surface area contributed by atoms with E-state index in [-0.39, 0.29) is 11.6 Å². The number of hydrogen-bond donors (Lipinski definition) is 0. The Kier molecular flexibility index (Phi) is 20.4. The second-order valence-electron chi connectivity index (χ2n) is 11.0. The van der Waals surface area contributed by atoms with Crippen molar-refractivity contribution in [3.8, 4) is 0 Å². The van der Waals surface area contributed by atoms with Crippen LogP contribution in [0.25, 0.3) is 0 Å². The molecule has 0 N–H and O–H groups in total. The van der Waals surface area contributed by atoms with Crippen molar-refractivity contribution in [1.29, 1.82) is 0 Å². The van der Waals surface area contributed by atoms with Crippen molar-refractivity contribution in [2.45, 2.75) is 82.1 Å². The van der Waals surface area contributed by atoms with Crippen molar-refractivity contribution >= 4 is 11.6 Å². The number of ketones is 2. The van der Waals surface area contributed by atoms with Gasteiger partial charge in [0.2, 0.25) is 0 Å². The third kappa shape index (κ3) is 21.7. The summed E-state index contributed by atoms with van der Waals surface area (Å²) in [6, 6.07) is 0. The lowest BCUT2D eigenvalue weighted by molar-refractivity contribution is -0.115. The first kappa shape index (κ1) is 38.0. The first-order valence-corrected chi connectivity index (χ1v) is 14.6. The molecule has 0 saturated carbocycles. The van der Waals surface area contributed by atoms with Crippen LogP contribution >= 0.6 is 0 Å². The van der Waals surface area contributed by atoms with Crippen molar-refractivity contribution in [2.75, 3.05) is 0 Å². The molecule has 0 aliphatic carbocycles. The highest BCUT2D eigenvalue weighted by Gasteiger charge is 2.01. The Balaban J connectivity index is 4.86. The van der Waals surface area contributed by atoms with Gasteiger partial charge in [0.1, 0.15) is 0 Å². The van der Waals surface area contributed by atoms with Crippen LogP contribution in [0.5, 0.6) is 0 Å². The van der Waals surface area contributed by atoms with Crippen LogP contribution in [0.3, 0.4) is 0 Å². The van der Waals surface area contributed by atoms with Gasteiger partial charge in [0.25, 0.3) is 0 Å². The molecule has 224 valence electrons. The lowest BCUT2D eigenvalue weighted by Crippen LogP contribution is -1.97. The minimum absolute atomic E-state index is 0.151. The zero-order chi connectivity index (χ0) is 31.9. The minimum atomic E-state index is 0.151. The first-order valence-electron chi connectivity index (χ1n) is 14.6. The van der Waals surface area contributed by atoms with Gasteiger partial charge in [0, 0.05) is 12.8 Å². The van der Waals surface area contributed by atoms with Gasteiger partial charge >= 0.3 is 0 Å². The molecule has 0 saturated heterocycles. The number of rotatable bonds is 16. The van der Waals surface area contributed by atoms with E-state index in [2.05, 4.69) is 38.2 Å². The van der Waals surface area contributed by atoms with Crippen LogP contribution in [0.2, 0.25) is 0 Å². The van der Waals surface area contributed by atoms with Crippen LogP contribution in [0, 0.1) is 0 Å².